The normalized spacial score (nSPS) is 22.8. The molecule has 13 heavy (non-hydrogen) atoms. The summed E-state index contributed by atoms with van der Waals surface area (Å²) in [7, 11) is 0. The lowest BCUT2D eigenvalue weighted by molar-refractivity contribution is -0.136. The predicted molar refractivity (Wildman–Crippen MR) is 45.7 cm³/mol. The van der Waals surface area contributed by atoms with E-state index in [4.69, 9.17) is 0 Å². The van der Waals surface area contributed by atoms with Gasteiger partial charge in [-0.1, -0.05) is 12.2 Å². The maximum Gasteiger partial charge on any atom is 0.399 e. The average Bonchev–Trinajstić information content (AvgIpc) is 2.04. The fourth-order valence-electron chi connectivity index (χ4n) is 1.19. The molecule has 1 aliphatic carbocycles. The standard InChI is InChI=1S/C8H10ClF2NO/c9-8(10,11)7(13)12-6-4-2-1-3-5-6/h1-2,6H,3-5H2,(H,12,13). The van der Waals surface area contributed by atoms with Crippen molar-refractivity contribution in [2.75, 3.05) is 0 Å². The quantitative estimate of drug-likeness (QED) is 0.547. The van der Waals surface area contributed by atoms with Gasteiger partial charge in [-0.3, -0.25) is 4.79 Å². The molecule has 0 heterocycles. The number of allylic oxidation sites excluding steroid dienone is 1. The van der Waals surface area contributed by atoms with Gasteiger partial charge in [0.25, 0.3) is 0 Å². The first-order valence-electron chi connectivity index (χ1n) is 4.03. The second-order valence-electron chi connectivity index (χ2n) is 2.95. The molecule has 0 aromatic heterocycles. The molecule has 5 heteroatoms. The Labute approximate surface area is 79.9 Å². The number of carbonyl (C=O) groups is 1. The minimum absolute atomic E-state index is 0.206. The summed E-state index contributed by atoms with van der Waals surface area (Å²) in [5.41, 5.74) is 0. The van der Waals surface area contributed by atoms with Crippen LogP contribution in [0.1, 0.15) is 19.3 Å². The Bertz CT molecular complexity index is 225. The maximum absolute atomic E-state index is 12.2. The van der Waals surface area contributed by atoms with Crippen LogP contribution in [0.2, 0.25) is 0 Å². The number of halogens is 3. The van der Waals surface area contributed by atoms with Crippen molar-refractivity contribution < 1.29 is 13.6 Å². The Morgan fingerprint density at radius 2 is 2.23 bits per heavy atom. The van der Waals surface area contributed by atoms with Gasteiger partial charge in [-0.15, -0.1) is 0 Å². The van der Waals surface area contributed by atoms with Crippen LogP contribution in [0.4, 0.5) is 8.78 Å². The molecular weight excluding hydrogens is 200 g/mol. The zero-order valence-electron chi connectivity index (χ0n) is 6.90. The van der Waals surface area contributed by atoms with Crippen LogP contribution in [-0.2, 0) is 4.79 Å². The molecule has 0 bridgehead atoms. The van der Waals surface area contributed by atoms with Crippen molar-refractivity contribution in [3.63, 3.8) is 0 Å². The molecule has 1 atom stereocenters. The third-order valence-electron chi connectivity index (χ3n) is 1.86. The maximum atomic E-state index is 12.2. The summed E-state index contributed by atoms with van der Waals surface area (Å²) in [4.78, 5) is 10.7. The molecule has 0 saturated heterocycles. The first kappa shape index (κ1) is 10.4. The summed E-state index contributed by atoms with van der Waals surface area (Å²) < 4.78 is 24.4. The Kier molecular flexibility index (Phi) is 3.25. The molecule has 0 saturated carbocycles. The van der Waals surface area contributed by atoms with Gasteiger partial charge in [0.15, 0.2) is 0 Å². The van der Waals surface area contributed by atoms with Crippen LogP contribution in [0.15, 0.2) is 12.2 Å². The smallest absolute Gasteiger partial charge is 0.347 e. The van der Waals surface area contributed by atoms with E-state index < -0.39 is 11.3 Å². The van der Waals surface area contributed by atoms with Crippen molar-refractivity contribution in [3.05, 3.63) is 12.2 Å². The number of alkyl halides is 3. The van der Waals surface area contributed by atoms with Crippen LogP contribution >= 0.6 is 11.6 Å². The van der Waals surface area contributed by atoms with Crippen LogP contribution in [0.25, 0.3) is 0 Å². The van der Waals surface area contributed by atoms with E-state index in [1.165, 1.54) is 0 Å². The van der Waals surface area contributed by atoms with Gasteiger partial charge in [0.1, 0.15) is 0 Å². The molecule has 0 spiro atoms. The lowest BCUT2D eigenvalue weighted by Crippen LogP contribution is -2.42. The molecule has 0 aromatic rings. The molecule has 2 nitrogen and oxygen atoms in total. The number of carbonyl (C=O) groups excluding carboxylic acids is 1. The van der Waals surface area contributed by atoms with E-state index in [2.05, 4.69) is 16.9 Å². The van der Waals surface area contributed by atoms with E-state index >= 15 is 0 Å². The van der Waals surface area contributed by atoms with E-state index in [1.54, 1.807) is 0 Å². The van der Waals surface area contributed by atoms with E-state index in [-0.39, 0.29) is 6.04 Å². The van der Waals surface area contributed by atoms with E-state index in [0.717, 1.165) is 6.42 Å². The van der Waals surface area contributed by atoms with Gasteiger partial charge < -0.3 is 5.32 Å². The number of nitrogens with one attached hydrogen (secondary N) is 1. The minimum atomic E-state index is -3.79. The van der Waals surface area contributed by atoms with Gasteiger partial charge in [-0.25, -0.2) is 0 Å². The third-order valence-corrected chi connectivity index (χ3v) is 2.03. The summed E-state index contributed by atoms with van der Waals surface area (Å²) in [5.74, 6) is -1.41. The van der Waals surface area contributed by atoms with Crippen molar-refractivity contribution in [2.24, 2.45) is 0 Å². The molecule has 0 radical (unpaired) electrons. The average molecular weight is 210 g/mol. The van der Waals surface area contributed by atoms with Crippen LogP contribution in [-0.4, -0.2) is 17.3 Å². The van der Waals surface area contributed by atoms with Gasteiger partial charge in [0.05, 0.1) is 0 Å². The monoisotopic (exact) mass is 209 g/mol. The summed E-state index contributed by atoms with van der Waals surface area (Å²) in [6, 6.07) is -0.206. The second-order valence-corrected chi connectivity index (χ2v) is 3.43. The van der Waals surface area contributed by atoms with Gasteiger partial charge in [-0.05, 0) is 30.9 Å². The van der Waals surface area contributed by atoms with Crippen molar-refractivity contribution in [2.45, 2.75) is 30.7 Å². The van der Waals surface area contributed by atoms with Crippen molar-refractivity contribution in [1.29, 1.82) is 0 Å². The van der Waals surface area contributed by atoms with E-state index in [9.17, 15) is 13.6 Å². The fraction of sp³-hybridized carbons (Fsp3) is 0.625. The summed E-state index contributed by atoms with van der Waals surface area (Å²) >= 11 is 4.54. The molecule has 1 amide bonds. The molecule has 1 unspecified atom stereocenters. The molecule has 74 valence electrons. The molecule has 1 N–H and O–H groups in total. The predicted octanol–water partition coefficient (Wildman–Crippen LogP) is 2.04. The van der Waals surface area contributed by atoms with E-state index in [1.807, 2.05) is 12.2 Å². The molecule has 0 fully saturated rings. The van der Waals surface area contributed by atoms with Crippen LogP contribution in [0.5, 0.6) is 0 Å². The molecule has 1 aliphatic rings. The van der Waals surface area contributed by atoms with Gasteiger partial charge in [-0.2, -0.15) is 8.78 Å². The SMILES string of the molecule is O=C(NC1CC=CCC1)C(F)(F)Cl. The largest absolute Gasteiger partial charge is 0.399 e. The number of hydrogen-bond donors (Lipinski definition) is 1. The molecular formula is C8H10ClF2NO. The lowest BCUT2D eigenvalue weighted by Gasteiger charge is -2.20. The summed E-state index contributed by atoms with van der Waals surface area (Å²) in [6.07, 6.45) is 5.91. The van der Waals surface area contributed by atoms with E-state index in [0.29, 0.717) is 12.8 Å². The van der Waals surface area contributed by atoms with Crippen molar-refractivity contribution in [3.8, 4) is 0 Å². The van der Waals surface area contributed by atoms with Gasteiger partial charge in [0, 0.05) is 6.04 Å². The Balaban J connectivity index is 2.40. The van der Waals surface area contributed by atoms with Gasteiger partial charge >= 0.3 is 11.3 Å². The van der Waals surface area contributed by atoms with Gasteiger partial charge in [0.2, 0.25) is 0 Å². The molecule has 1 rings (SSSR count). The zero-order chi connectivity index (χ0) is 9.90. The molecule has 0 aliphatic heterocycles. The summed E-state index contributed by atoms with van der Waals surface area (Å²) in [6.45, 7) is 0. The Morgan fingerprint density at radius 1 is 1.54 bits per heavy atom. The Morgan fingerprint density at radius 3 is 2.69 bits per heavy atom. The summed E-state index contributed by atoms with van der Waals surface area (Å²) in [5, 5.41) is -1.60. The highest BCUT2D eigenvalue weighted by molar-refractivity contribution is 6.32. The topological polar surface area (TPSA) is 29.1 Å². The van der Waals surface area contributed by atoms with Crippen LogP contribution in [0, 0.1) is 0 Å². The zero-order valence-corrected chi connectivity index (χ0v) is 7.65. The molecule has 0 aromatic carbocycles. The number of amides is 1. The first-order chi connectivity index (χ1) is 6.00. The third kappa shape index (κ3) is 3.30. The second kappa shape index (κ2) is 4.05. The highest BCUT2D eigenvalue weighted by Gasteiger charge is 2.36. The minimum Gasteiger partial charge on any atom is -0.347 e. The number of hydrogen-bond acceptors (Lipinski definition) is 1. The fourth-order valence-corrected chi connectivity index (χ4v) is 1.25. The Hall–Kier alpha value is -0.640. The van der Waals surface area contributed by atoms with Crippen LogP contribution < -0.4 is 5.32 Å². The van der Waals surface area contributed by atoms with Crippen molar-refractivity contribution >= 4 is 17.5 Å². The van der Waals surface area contributed by atoms with Crippen molar-refractivity contribution in [1.82, 2.24) is 5.32 Å². The highest BCUT2D eigenvalue weighted by Crippen LogP contribution is 2.20. The number of rotatable bonds is 2. The highest BCUT2D eigenvalue weighted by atomic mass is 35.5. The first-order valence-corrected chi connectivity index (χ1v) is 4.40. The van der Waals surface area contributed by atoms with Crippen LogP contribution in [0.3, 0.4) is 0 Å². The lowest BCUT2D eigenvalue weighted by atomic mass is 10.0.